The largest absolute Gasteiger partial charge is 0.330 e. The molecule has 0 radical (unpaired) electrons. The average Bonchev–Trinajstić information content (AvgIpc) is 2.36. The molecule has 5 nitrogen and oxygen atoms in total. The fraction of sp³-hybridized carbons (Fsp3) is 1.00. The van der Waals surface area contributed by atoms with Gasteiger partial charge in [-0.1, -0.05) is 0 Å². The Morgan fingerprint density at radius 2 is 1.15 bits per heavy atom. The first-order valence-electron chi connectivity index (χ1n) is 7.96. The monoisotopic (exact) mass is 287 g/mol. The highest BCUT2D eigenvalue weighted by Gasteiger charge is 2.36. The standard InChI is InChI=1S/C15H37N5/c1-14(2,20)12-13(19)15(6-3-9-16,7-4-10-17)8-5-11-18/h13H,3-12,16-20H2,1-2H3. The molecule has 0 aliphatic rings. The number of rotatable bonds is 12. The molecule has 10 N–H and O–H groups in total. The summed E-state index contributed by atoms with van der Waals surface area (Å²) in [4.78, 5) is 0. The van der Waals surface area contributed by atoms with Crippen molar-refractivity contribution in [1.82, 2.24) is 0 Å². The van der Waals surface area contributed by atoms with E-state index < -0.39 is 0 Å². The molecule has 0 aromatic rings. The van der Waals surface area contributed by atoms with E-state index in [9.17, 15) is 0 Å². The third-order valence-electron chi connectivity index (χ3n) is 4.17. The van der Waals surface area contributed by atoms with Gasteiger partial charge in [-0.25, -0.2) is 0 Å². The smallest absolute Gasteiger partial charge is 0.0113 e. The average molecular weight is 287 g/mol. The van der Waals surface area contributed by atoms with E-state index in [-0.39, 0.29) is 17.0 Å². The highest BCUT2D eigenvalue weighted by molar-refractivity contribution is 4.93. The van der Waals surface area contributed by atoms with E-state index in [1.807, 2.05) is 13.8 Å². The molecule has 1 unspecified atom stereocenters. The fourth-order valence-corrected chi connectivity index (χ4v) is 3.08. The summed E-state index contributed by atoms with van der Waals surface area (Å²) in [6.45, 7) is 6.17. The molecule has 1 atom stereocenters. The lowest BCUT2D eigenvalue weighted by Gasteiger charge is -2.42. The second-order valence-corrected chi connectivity index (χ2v) is 6.84. The number of hydrogen-bond acceptors (Lipinski definition) is 5. The Hall–Kier alpha value is -0.200. The molecule has 20 heavy (non-hydrogen) atoms. The Kier molecular flexibility index (Phi) is 9.59. The molecule has 0 amide bonds. The molecule has 0 aromatic heterocycles. The summed E-state index contributed by atoms with van der Waals surface area (Å²) < 4.78 is 0. The Morgan fingerprint density at radius 1 is 0.800 bits per heavy atom. The van der Waals surface area contributed by atoms with Crippen LogP contribution in [0.3, 0.4) is 0 Å². The molecule has 0 saturated carbocycles. The first kappa shape index (κ1) is 19.8. The summed E-state index contributed by atoms with van der Waals surface area (Å²) in [5, 5.41) is 0. The zero-order valence-electron chi connectivity index (χ0n) is 13.5. The van der Waals surface area contributed by atoms with Crippen molar-refractivity contribution in [3.05, 3.63) is 0 Å². The molecule has 0 aliphatic heterocycles. The van der Waals surface area contributed by atoms with Crippen molar-refractivity contribution in [3.8, 4) is 0 Å². The summed E-state index contributed by atoms with van der Waals surface area (Å²) in [5.41, 5.74) is 29.7. The van der Waals surface area contributed by atoms with Crippen LogP contribution < -0.4 is 28.7 Å². The van der Waals surface area contributed by atoms with Crippen LogP contribution in [0, 0.1) is 5.41 Å². The third kappa shape index (κ3) is 7.55. The highest BCUT2D eigenvalue weighted by atomic mass is 14.8. The molecule has 0 bridgehead atoms. The lowest BCUT2D eigenvalue weighted by atomic mass is 9.67. The Bertz CT molecular complexity index is 215. The van der Waals surface area contributed by atoms with E-state index in [1.165, 1.54) is 0 Å². The quantitative estimate of drug-likeness (QED) is 0.360. The SMILES string of the molecule is CC(C)(N)CC(N)C(CCCN)(CCCN)CCCN. The molecule has 0 spiro atoms. The van der Waals surface area contributed by atoms with Crippen LogP contribution in [-0.4, -0.2) is 31.2 Å². The maximum Gasteiger partial charge on any atom is 0.0113 e. The highest BCUT2D eigenvalue weighted by Crippen LogP contribution is 2.39. The summed E-state index contributed by atoms with van der Waals surface area (Å²) in [6, 6.07) is 0.0761. The number of hydrogen-bond donors (Lipinski definition) is 5. The van der Waals surface area contributed by atoms with Gasteiger partial charge in [0.15, 0.2) is 0 Å². The van der Waals surface area contributed by atoms with Crippen LogP contribution in [-0.2, 0) is 0 Å². The second kappa shape index (κ2) is 9.68. The predicted molar refractivity (Wildman–Crippen MR) is 88.2 cm³/mol. The molecule has 0 saturated heterocycles. The Morgan fingerprint density at radius 3 is 1.40 bits per heavy atom. The van der Waals surface area contributed by atoms with Crippen molar-refractivity contribution in [2.24, 2.45) is 34.1 Å². The lowest BCUT2D eigenvalue weighted by molar-refractivity contribution is 0.137. The van der Waals surface area contributed by atoms with Crippen LogP contribution in [0.1, 0.15) is 58.8 Å². The summed E-state index contributed by atoms with van der Waals surface area (Å²) in [5.74, 6) is 0. The van der Waals surface area contributed by atoms with Gasteiger partial charge in [-0.3, -0.25) is 0 Å². The van der Waals surface area contributed by atoms with Crippen molar-refractivity contribution in [2.75, 3.05) is 19.6 Å². The third-order valence-corrected chi connectivity index (χ3v) is 4.17. The van der Waals surface area contributed by atoms with Crippen molar-refractivity contribution < 1.29 is 0 Å². The van der Waals surface area contributed by atoms with Crippen LogP contribution in [0.2, 0.25) is 0 Å². The van der Waals surface area contributed by atoms with Gasteiger partial charge in [0, 0.05) is 11.6 Å². The van der Waals surface area contributed by atoms with Crippen LogP contribution in [0.4, 0.5) is 0 Å². The zero-order chi connectivity index (χ0) is 15.6. The Balaban J connectivity index is 4.99. The minimum Gasteiger partial charge on any atom is -0.330 e. The van der Waals surface area contributed by atoms with Crippen LogP contribution in [0.15, 0.2) is 0 Å². The maximum atomic E-state index is 6.56. The van der Waals surface area contributed by atoms with E-state index in [0.29, 0.717) is 19.6 Å². The topological polar surface area (TPSA) is 130 Å². The molecule has 122 valence electrons. The number of nitrogens with two attached hydrogens (primary N) is 5. The molecule has 0 rings (SSSR count). The van der Waals surface area contributed by atoms with E-state index >= 15 is 0 Å². The second-order valence-electron chi connectivity index (χ2n) is 6.84. The first-order valence-corrected chi connectivity index (χ1v) is 7.96. The maximum absolute atomic E-state index is 6.56. The van der Waals surface area contributed by atoms with Gasteiger partial charge in [0.25, 0.3) is 0 Å². The van der Waals surface area contributed by atoms with Gasteiger partial charge in [-0.2, -0.15) is 0 Å². The zero-order valence-corrected chi connectivity index (χ0v) is 13.5. The summed E-state index contributed by atoms with van der Waals surface area (Å²) in [7, 11) is 0. The minimum atomic E-state index is -0.251. The molecule has 0 aromatic carbocycles. The van der Waals surface area contributed by atoms with Crippen molar-refractivity contribution in [3.63, 3.8) is 0 Å². The molecule has 0 aliphatic carbocycles. The van der Waals surface area contributed by atoms with Gasteiger partial charge in [0.2, 0.25) is 0 Å². The molecular weight excluding hydrogens is 250 g/mol. The van der Waals surface area contributed by atoms with Crippen LogP contribution in [0.5, 0.6) is 0 Å². The van der Waals surface area contributed by atoms with Crippen LogP contribution >= 0.6 is 0 Å². The summed E-state index contributed by atoms with van der Waals surface area (Å²) in [6.07, 6.45) is 6.92. The molecule has 0 heterocycles. The van der Waals surface area contributed by atoms with Gasteiger partial charge >= 0.3 is 0 Å². The van der Waals surface area contributed by atoms with Gasteiger partial charge in [-0.05, 0) is 83.8 Å². The first-order chi connectivity index (χ1) is 9.31. The van der Waals surface area contributed by atoms with E-state index in [4.69, 9.17) is 28.7 Å². The van der Waals surface area contributed by atoms with Gasteiger partial charge < -0.3 is 28.7 Å². The predicted octanol–water partition coefficient (Wildman–Crippen LogP) is 0.644. The van der Waals surface area contributed by atoms with Crippen molar-refractivity contribution in [2.45, 2.75) is 70.4 Å². The van der Waals surface area contributed by atoms with Crippen LogP contribution in [0.25, 0.3) is 0 Å². The van der Waals surface area contributed by atoms with Crippen molar-refractivity contribution >= 4 is 0 Å². The summed E-state index contributed by atoms with van der Waals surface area (Å²) >= 11 is 0. The normalized spacial score (nSPS) is 14.6. The molecule has 5 heteroatoms. The van der Waals surface area contributed by atoms with Gasteiger partial charge in [0.1, 0.15) is 0 Å². The van der Waals surface area contributed by atoms with Crippen molar-refractivity contribution in [1.29, 1.82) is 0 Å². The van der Waals surface area contributed by atoms with E-state index in [2.05, 4.69) is 0 Å². The molecule has 0 fully saturated rings. The fourth-order valence-electron chi connectivity index (χ4n) is 3.08. The van der Waals surface area contributed by atoms with E-state index in [1.54, 1.807) is 0 Å². The van der Waals surface area contributed by atoms with Gasteiger partial charge in [0.05, 0.1) is 0 Å². The minimum absolute atomic E-state index is 0.0761. The molecular formula is C15H37N5. The Labute approximate surface area is 125 Å². The van der Waals surface area contributed by atoms with E-state index in [0.717, 1.165) is 44.9 Å². The lowest BCUT2D eigenvalue weighted by Crippen LogP contribution is -2.49. The van der Waals surface area contributed by atoms with Gasteiger partial charge in [-0.15, -0.1) is 0 Å².